The van der Waals surface area contributed by atoms with Gasteiger partial charge in [0, 0.05) is 19.3 Å². The highest BCUT2D eigenvalue weighted by molar-refractivity contribution is 6.05. The maximum atomic E-state index is 14.6. The van der Waals surface area contributed by atoms with Crippen LogP contribution in [-0.2, 0) is 12.7 Å². The average molecular weight is 541 g/mol. The van der Waals surface area contributed by atoms with E-state index in [4.69, 9.17) is 10.5 Å². The molecule has 1 aromatic heterocycles. The Kier molecular flexibility index (Phi) is 8.14. The minimum Gasteiger partial charge on any atom is -0.454 e. The summed E-state index contributed by atoms with van der Waals surface area (Å²) in [5.41, 5.74) is 3.80. The van der Waals surface area contributed by atoms with Gasteiger partial charge in [0.2, 0.25) is 0 Å². The van der Waals surface area contributed by atoms with Crippen LogP contribution in [0, 0.1) is 11.7 Å². The quantitative estimate of drug-likeness (QED) is 0.367. The molecule has 1 fully saturated rings. The van der Waals surface area contributed by atoms with Gasteiger partial charge in [-0.05, 0) is 55.6 Å². The van der Waals surface area contributed by atoms with Gasteiger partial charge < -0.3 is 20.7 Å². The van der Waals surface area contributed by atoms with Crippen molar-refractivity contribution in [3.63, 3.8) is 0 Å². The molecule has 4 rings (SSSR count). The normalized spacial score (nSPS) is 16.1. The number of alkyl halides is 5. The first-order valence-corrected chi connectivity index (χ1v) is 11.8. The lowest BCUT2D eigenvalue weighted by Gasteiger charge is -2.37. The molecule has 0 saturated carbocycles. The van der Waals surface area contributed by atoms with Crippen LogP contribution in [0.25, 0.3) is 0 Å². The summed E-state index contributed by atoms with van der Waals surface area (Å²) in [5.74, 6) is -2.87. The third kappa shape index (κ3) is 6.21. The fourth-order valence-electron chi connectivity index (χ4n) is 4.38. The van der Waals surface area contributed by atoms with E-state index < -0.39 is 47.9 Å². The van der Waals surface area contributed by atoms with Gasteiger partial charge >= 0.3 is 6.18 Å². The summed E-state index contributed by atoms with van der Waals surface area (Å²) in [7, 11) is 0. The zero-order valence-electron chi connectivity index (χ0n) is 20.0. The third-order valence-electron chi connectivity index (χ3n) is 6.09. The van der Waals surface area contributed by atoms with E-state index in [9.17, 15) is 31.1 Å². The molecule has 3 aromatic rings. The molecule has 7 nitrogen and oxygen atoms in total. The minimum absolute atomic E-state index is 0.0884. The van der Waals surface area contributed by atoms with Crippen LogP contribution in [0.3, 0.4) is 0 Å². The van der Waals surface area contributed by atoms with Crippen molar-refractivity contribution < 1.29 is 35.9 Å². The van der Waals surface area contributed by atoms with Crippen LogP contribution in [0.1, 0.15) is 28.9 Å². The van der Waals surface area contributed by atoms with Gasteiger partial charge in [-0.2, -0.15) is 18.3 Å². The van der Waals surface area contributed by atoms with E-state index in [2.05, 4.69) is 10.4 Å². The summed E-state index contributed by atoms with van der Waals surface area (Å²) in [4.78, 5) is 14.4. The SMILES string of the molecule is NC[C@@H]1CCCN(c2c(NC(=O)c3ccn(CC(F)F)n3)ccc(Oc3ccccc3F)c2C(F)(F)F)C1. The van der Waals surface area contributed by atoms with Crippen LogP contribution >= 0.6 is 0 Å². The van der Waals surface area contributed by atoms with Crippen molar-refractivity contribution >= 4 is 17.3 Å². The number of nitrogens with zero attached hydrogens (tertiary/aromatic N) is 3. The number of benzene rings is 2. The molecular formula is C25H25F6N5O2. The van der Waals surface area contributed by atoms with Crippen molar-refractivity contribution in [1.82, 2.24) is 9.78 Å². The van der Waals surface area contributed by atoms with Gasteiger partial charge in [0.1, 0.15) is 17.9 Å². The first-order chi connectivity index (χ1) is 18.1. The van der Waals surface area contributed by atoms with Crippen LogP contribution in [0.2, 0.25) is 0 Å². The van der Waals surface area contributed by atoms with Crippen molar-refractivity contribution in [2.75, 3.05) is 29.9 Å². The van der Waals surface area contributed by atoms with Gasteiger partial charge in [-0.15, -0.1) is 0 Å². The highest BCUT2D eigenvalue weighted by Crippen LogP contribution is 2.48. The number of carbonyl (C=O) groups excluding carboxylic acids is 1. The molecule has 2 heterocycles. The van der Waals surface area contributed by atoms with Crippen molar-refractivity contribution in [3.05, 3.63) is 65.7 Å². The summed E-state index contributed by atoms with van der Waals surface area (Å²) in [6.07, 6.45) is -5.20. The maximum Gasteiger partial charge on any atom is 0.422 e. The van der Waals surface area contributed by atoms with Crippen molar-refractivity contribution in [3.8, 4) is 11.5 Å². The van der Waals surface area contributed by atoms with Crippen molar-refractivity contribution in [1.29, 1.82) is 0 Å². The number of hydrogen-bond acceptors (Lipinski definition) is 5. The zero-order valence-corrected chi connectivity index (χ0v) is 20.0. The van der Waals surface area contributed by atoms with Gasteiger partial charge in [-0.1, -0.05) is 12.1 Å². The number of amides is 1. The lowest BCUT2D eigenvalue weighted by molar-refractivity contribution is -0.138. The fourth-order valence-corrected chi connectivity index (χ4v) is 4.38. The van der Waals surface area contributed by atoms with E-state index in [1.165, 1.54) is 41.4 Å². The number of nitrogens with two attached hydrogens (primary N) is 1. The first-order valence-electron chi connectivity index (χ1n) is 11.8. The maximum absolute atomic E-state index is 14.6. The molecule has 0 radical (unpaired) electrons. The number of carbonyl (C=O) groups is 1. The lowest BCUT2D eigenvalue weighted by atomic mass is 9.96. The highest BCUT2D eigenvalue weighted by Gasteiger charge is 2.41. The van der Waals surface area contributed by atoms with Crippen LogP contribution in [0.4, 0.5) is 37.7 Å². The molecule has 1 saturated heterocycles. The van der Waals surface area contributed by atoms with Crippen LogP contribution in [0.5, 0.6) is 11.5 Å². The van der Waals surface area contributed by atoms with E-state index in [-0.39, 0.29) is 42.6 Å². The summed E-state index contributed by atoms with van der Waals surface area (Å²) < 4.78 is 89.6. The predicted molar refractivity (Wildman–Crippen MR) is 128 cm³/mol. The van der Waals surface area contributed by atoms with Gasteiger partial charge in [0.25, 0.3) is 12.3 Å². The van der Waals surface area contributed by atoms with E-state index in [0.29, 0.717) is 6.42 Å². The van der Waals surface area contributed by atoms with E-state index in [1.807, 2.05) is 0 Å². The number of aromatic nitrogens is 2. The summed E-state index contributed by atoms with van der Waals surface area (Å²) >= 11 is 0. The molecule has 1 aliphatic rings. The average Bonchev–Trinajstić information content (AvgIpc) is 3.33. The Balaban J connectivity index is 1.78. The number of anilines is 2. The molecule has 0 aliphatic carbocycles. The molecule has 3 N–H and O–H groups in total. The number of rotatable bonds is 8. The topological polar surface area (TPSA) is 85.4 Å². The van der Waals surface area contributed by atoms with E-state index in [1.54, 1.807) is 0 Å². The van der Waals surface area contributed by atoms with Crippen LogP contribution in [0.15, 0.2) is 48.7 Å². The minimum atomic E-state index is -4.95. The third-order valence-corrected chi connectivity index (χ3v) is 6.09. The van der Waals surface area contributed by atoms with Gasteiger partial charge in [0.05, 0.1) is 11.4 Å². The number of para-hydroxylation sites is 1. The summed E-state index contributed by atoms with van der Waals surface area (Å²) in [6.45, 7) is -0.0527. The van der Waals surface area contributed by atoms with Gasteiger partial charge in [0.15, 0.2) is 17.3 Å². The molecule has 1 atom stereocenters. The molecule has 38 heavy (non-hydrogen) atoms. The Labute approximate surface area is 214 Å². The molecule has 13 heteroatoms. The van der Waals surface area contributed by atoms with Crippen LogP contribution < -0.4 is 20.7 Å². The standard InChI is InChI=1S/C25H25F6N5O2/c26-16-5-1-2-6-19(16)38-20-8-7-17(33-24(37)18-9-11-36(34-18)14-21(27)28)23(22(20)25(29,30)31)35-10-3-4-15(12-32)13-35/h1-2,5-9,11,15,21H,3-4,10,12-14,32H2,(H,33,37)/t15-/m0/s1. The predicted octanol–water partition coefficient (Wildman–Crippen LogP) is 5.53. The fraction of sp³-hybridized carbons (Fsp3) is 0.360. The molecule has 0 spiro atoms. The first kappa shape index (κ1) is 27.3. The Morgan fingerprint density at radius 1 is 1.16 bits per heavy atom. The van der Waals surface area contributed by atoms with Gasteiger partial charge in [-0.3, -0.25) is 9.48 Å². The van der Waals surface area contributed by atoms with Crippen molar-refractivity contribution in [2.24, 2.45) is 11.7 Å². The number of halogens is 6. The van der Waals surface area contributed by atoms with E-state index >= 15 is 0 Å². The lowest BCUT2D eigenvalue weighted by Crippen LogP contribution is -2.40. The van der Waals surface area contributed by atoms with Crippen LogP contribution in [-0.4, -0.2) is 41.7 Å². The van der Waals surface area contributed by atoms with Crippen molar-refractivity contribution in [2.45, 2.75) is 32.0 Å². The molecular weight excluding hydrogens is 516 g/mol. The molecule has 1 aliphatic heterocycles. The molecule has 2 aromatic carbocycles. The van der Waals surface area contributed by atoms with Gasteiger partial charge in [-0.25, -0.2) is 13.2 Å². The summed E-state index contributed by atoms with van der Waals surface area (Å²) in [6, 6.07) is 8.46. The zero-order chi connectivity index (χ0) is 27.4. The Morgan fingerprint density at radius 2 is 1.92 bits per heavy atom. The molecule has 0 bridgehead atoms. The van der Waals surface area contributed by atoms with E-state index in [0.717, 1.165) is 23.2 Å². The number of piperidine rings is 1. The number of hydrogen-bond donors (Lipinski definition) is 2. The monoisotopic (exact) mass is 541 g/mol. The second-order valence-corrected chi connectivity index (χ2v) is 8.82. The number of nitrogens with one attached hydrogen (secondary N) is 1. The Bertz CT molecular complexity index is 1280. The second kappa shape index (κ2) is 11.3. The Hall–Kier alpha value is -3.74. The highest BCUT2D eigenvalue weighted by atomic mass is 19.4. The smallest absolute Gasteiger partial charge is 0.422 e. The Morgan fingerprint density at radius 3 is 2.61 bits per heavy atom. The summed E-state index contributed by atoms with van der Waals surface area (Å²) in [5, 5.41) is 6.21. The molecule has 1 amide bonds. The molecule has 0 unspecified atom stereocenters. The number of ether oxygens (including phenoxy) is 1. The second-order valence-electron chi connectivity index (χ2n) is 8.82. The molecule has 204 valence electrons. The largest absolute Gasteiger partial charge is 0.454 e.